The second-order valence-electron chi connectivity index (χ2n) is 13.5. The number of methoxy groups -OCH3 is 1. The second-order valence-corrected chi connectivity index (χ2v) is 13.5. The first-order chi connectivity index (χ1) is 23.8. The Bertz CT molecular complexity index is 1980. The normalized spacial score (nSPS) is 26.4. The molecule has 4 aliphatic rings. The van der Waals surface area contributed by atoms with Crippen LogP contribution in [0.3, 0.4) is 0 Å². The van der Waals surface area contributed by atoms with Crippen molar-refractivity contribution in [1.82, 2.24) is 19.9 Å². The summed E-state index contributed by atoms with van der Waals surface area (Å²) in [5, 5.41) is 11.3. The average Bonchev–Trinajstić information content (AvgIpc) is 3.73. The molecule has 8 rings (SSSR count). The van der Waals surface area contributed by atoms with Gasteiger partial charge < -0.3 is 23.8 Å². The van der Waals surface area contributed by atoms with Crippen molar-refractivity contribution >= 4 is 27.5 Å². The summed E-state index contributed by atoms with van der Waals surface area (Å²) >= 11 is 0. The molecular weight excluding hydrogens is 637 g/mol. The number of aromatic nitrogens is 3. The number of alkyl halides is 1. The predicted molar refractivity (Wildman–Crippen MR) is 175 cm³/mol. The largest absolute Gasteiger partial charge is 0.468 e. The minimum absolute atomic E-state index is 0.0120. The topological polar surface area (TPSA) is 106 Å². The predicted octanol–water partition coefficient (Wildman–Crippen LogP) is 5.74. The standard InChI is InChI=1S/C36H37F3N6O4/c1-3-25-28(38)6-5-20-9-23(48-19-46-2)11-26(30(20)25)32-31(39)33-27(14-41-32)34(44-16-24-10-21(13-40)29(17-44)49-24)43-35(42-33)47-18-36-7-4-8-45(36)15-22(37)12-36/h5-6,9,11,14,21-22,24,29H,3-4,7-8,10,12,15-19H2,1-2H3/t21?,22-,24?,29?,36+/m1/s1. The second kappa shape index (κ2) is 12.6. The summed E-state index contributed by atoms with van der Waals surface area (Å²) in [6.45, 7) is 3.99. The number of halogens is 3. The summed E-state index contributed by atoms with van der Waals surface area (Å²) in [5.74, 6) is -0.543. The van der Waals surface area contributed by atoms with Crippen molar-refractivity contribution in [3.05, 3.63) is 47.7 Å². The first-order valence-corrected chi connectivity index (χ1v) is 16.9. The van der Waals surface area contributed by atoms with Gasteiger partial charge in [-0.15, -0.1) is 0 Å². The SMILES string of the molecule is CCc1c(F)ccc2cc(OCOC)cc(-c3ncc4c(N5CC6CC(C#N)C(C5)O6)nc(OC[C@@]56CCCN5C[C@H](F)C6)nc4c3F)c12. The van der Waals surface area contributed by atoms with Crippen LogP contribution in [0.4, 0.5) is 19.0 Å². The first-order valence-electron chi connectivity index (χ1n) is 16.9. The van der Waals surface area contributed by atoms with E-state index in [0.717, 1.165) is 19.4 Å². The highest BCUT2D eigenvalue weighted by atomic mass is 19.1. The van der Waals surface area contributed by atoms with E-state index in [9.17, 15) is 9.65 Å². The van der Waals surface area contributed by atoms with Crippen LogP contribution in [-0.4, -0.2) is 90.5 Å². The molecule has 10 nitrogen and oxygen atoms in total. The van der Waals surface area contributed by atoms with Crippen LogP contribution in [0.5, 0.6) is 11.8 Å². The van der Waals surface area contributed by atoms with E-state index in [1.807, 2.05) is 11.8 Å². The minimum atomic E-state index is -0.934. The summed E-state index contributed by atoms with van der Waals surface area (Å²) in [7, 11) is 1.50. The Balaban J connectivity index is 1.27. The third-order valence-electron chi connectivity index (χ3n) is 10.6. The third kappa shape index (κ3) is 5.50. The molecule has 0 saturated carbocycles. The molecule has 256 valence electrons. The van der Waals surface area contributed by atoms with E-state index in [-0.39, 0.29) is 48.7 Å². The molecule has 0 spiro atoms. The molecule has 0 radical (unpaired) electrons. The van der Waals surface area contributed by atoms with E-state index in [0.29, 0.717) is 77.7 Å². The van der Waals surface area contributed by atoms with Crippen molar-refractivity contribution in [2.75, 3.05) is 51.6 Å². The van der Waals surface area contributed by atoms with Crippen LogP contribution in [0.25, 0.3) is 32.9 Å². The first kappa shape index (κ1) is 32.0. The number of nitriles is 1. The van der Waals surface area contributed by atoms with Gasteiger partial charge in [-0.25, -0.2) is 13.2 Å². The summed E-state index contributed by atoms with van der Waals surface area (Å²) in [6.07, 6.45) is 3.19. The van der Waals surface area contributed by atoms with Crippen LogP contribution in [0.2, 0.25) is 0 Å². The lowest BCUT2D eigenvalue weighted by Crippen LogP contribution is -2.44. The van der Waals surface area contributed by atoms with Crippen molar-refractivity contribution in [3.63, 3.8) is 0 Å². The Morgan fingerprint density at radius 1 is 1.14 bits per heavy atom. The summed E-state index contributed by atoms with van der Waals surface area (Å²) < 4.78 is 70.0. The van der Waals surface area contributed by atoms with Gasteiger partial charge in [0.25, 0.3) is 0 Å². The van der Waals surface area contributed by atoms with Gasteiger partial charge in [0.2, 0.25) is 0 Å². The molecule has 6 heterocycles. The number of morpholine rings is 1. The van der Waals surface area contributed by atoms with E-state index < -0.39 is 23.3 Å². The van der Waals surface area contributed by atoms with Crippen molar-refractivity contribution < 1.29 is 32.1 Å². The van der Waals surface area contributed by atoms with Crippen LogP contribution < -0.4 is 14.4 Å². The average molecular weight is 675 g/mol. The molecule has 4 fully saturated rings. The minimum Gasteiger partial charge on any atom is -0.468 e. The number of aryl methyl sites for hydroxylation is 1. The summed E-state index contributed by atoms with van der Waals surface area (Å²) in [4.78, 5) is 18.1. The Morgan fingerprint density at radius 2 is 2.02 bits per heavy atom. The molecule has 4 aromatic rings. The van der Waals surface area contributed by atoms with Crippen molar-refractivity contribution in [2.24, 2.45) is 5.92 Å². The van der Waals surface area contributed by atoms with Gasteiger partial charge in [0.15, 0.2) is 12.6 Å². The Hall–Kier alpha value is -4.25. The summed E-state index contributed by atoms with van der Waals surface area (Å²) in [6, 6.07) is 8.75. The maximum Gasteiger partial charge on any atom is 0.319 e. The highest BCUT2D eigenvalue weighted by Gasteiger charge is 2.49. The number of rotatable bonds is 9. The maximum absolute atomic E-state index is 17.1. The summed E-state index contributed by atoms with van der Waals surface area (Å²) in [5.41, 5.74) is 0.281. The number of hydrogen-bond acceptors (Lipinski definition) is 10. The van der Waals surface area contributed by atoms with Gasteiger partial charge in [-0.05, 0) is 66.8 Å². The Kier molecular flexibility index (Phi) is 8.21. The fourth-order valence-corrected chi connectivity index (χ4v) is 8.36. The molecule has 0 aliphatic carbocycles. The number of benzene rings is 2. The fraction of sp³-hybridized carbons (Fsp3) is 0.500. The smallest absolute Gasteiger partial charge is 0.319 e. The van der Waals surface area contributed by atoms with Gasteiger partial charge in [0.1, 0.15) is 41.4 Å². The van der Waals surface area contributed by atoms with Gasteiger partial charge in [-0.3, -0.25) is 9.88 Å². The van der Waals surface area contributed by atoms with Crippen LogP contribution >= 0.6 is 0 Å². The monoisotopic (exact) mass is 674 g/mol. The van der Waals surface area contributed by atoms with E-state index in [1.54, 1.807) is 18.2 Å². The zero-order valence-electron chi connectivity index (χ0n) is 27.4. The van der Waals surface area contributed by atoms with Crippen molar-refractivity contribution in [3.8, 4) is 29.1 Å². The van der Waals surface area contributed by atoms with Crippen LogP contribution in [0, 0.1) is 28.9 Å². The number of pyridine rings is 1. The number of hydrogen-bond donors (Lipinski definition) is 0. The number of ether oxygens (including phenoxy) is 4. The van der Waals surface area contributed by atoms with Crippen LogP contribution in [-0.2, 0) is 15.9 Å². The van der Waals surface area contributed by atoms with E-state index in [4.69, 9.17) is 23.9 Å². The highest BCUT2D eigenvalue weighted by Crippen LogP contribution is 2.43. The lowest BCUT2D eigenvalue weighted by molar-refractivity contribution is 0.0247. The van der Waals surface area contributed by atoms with Crippen LogP contribution in [0.1, 0.15) is 38.2 Å². The van der Waals surface area contributed by atoms with Crippen molar-refractivity contribution in [2.45, 2.75) is 62.9 Å². The molecule has 13 heteroatoms. The number of nitrogens with zero attached hydrogens (tertiary/aromatic N) is 6. The molecule has 4 saturated heterocycles. The maximum atomic E-state index is 17.1. The third-order valence-corrected chi connectivity index (χ3v) is 10.6. The van der Waals surface area contributed by atoms with E-state index in [1.165, 1.54) is 19.4 Å². The zero-order valence-corrected chi connectivity index (χ0v) is 27.4. The molecule has 0 N–H and O–H groups in total. The molecule has 3 unspecified atom stereocenters. The molecule has 2 aromatic heterocycles. The Labute approximate surface area is 281 Å². The molecule has 4 aliphatic heterocycles. The van der Waals surface area contributed by atoms with Crippen molar-refractivity contribution in [1.29, 1.82) is 5.26 Å². The van der Waals surface area contributed by atoms with Gasteiger partial charge in [0, 0.05) is 44.9 Å². The lowest BCUT2D eigenvalue weighted by Gasteiger charge is -2.34. The Morgan fingerprint density at radius 3 is 2.84 bits per heavy atom. The van der Waals surface area contributed by atoms with Gasteiger partial charge in [0.05, 0.1) is 35.1 Å². The zero-order chi connectivity index (χ0) is 33.9. The molecule has 2 bridgehead atoms. The highest BCUT2D eigenvalue weighted by molar-refractivity contribution is 6.01. The van der Waals surface area contributed by atoms with Gasteiger partial charge in [-0.1, -0.05) is 13.0 Å². The molecule has 49 heavy (non-hydrogen) atoms. The molecule has 2 aromatic carbocycles. The lowest BCUT2D eigenvalue weighted by atomic mass is 9.94. The van der Waals surface area contributed by atoms with E-state index in [2.05, 4.69) is 20.9 Å². The van der Waals surface area contributed by atoms with Gasteiger partial charge >= 0.3 is 6.01 Å². The van der Waals surface area contributed by atoms with E-state index >= 15 is 8.78 Å². The fourth-order valence-electron chi connectivity index (χ4n) is 8.36. The number of fused-ring (bicyclic) bond motifs is 5. The molecule has 0 amide bonds. The molecular formula is C36H37F3N6O4. The quantitative estimate of drug-likeness (QED) is 0.204. The number of anilines is 1. The van der Waals surface area contributed by atoms with Gasteiger partial charge in [-0.2, -0.15) is 15.2 Å². The molecule has 5 atom stereocenters. The van der Waals surface area contributed by atoms with Crippen LogP contribution in [0.15, 0.2) is 30.5 Å².